The molecule has 1 atom stereocenters. The van der Waals surface area contributed by atoms with Gasteiger partial charge in [-0.2, -0.15) is 0 Å². The predicted octanol–water partition coefficient (Wildman–Crippen LogP) is 6.88. The minimum atomic E-state index is -0.234. The fourth-order valence-electron chi connectivity index (χ4n) is 5.56. The summed E-state index contributed by atoms with van der Waals surface area (Å²) in [5, 5.41) is 4.40. The second-order valence-electron chi connectivity index (χ2n) is 9.77. The molecule has 0 spiro atoms. The molecule has 2 aromatic heterocycles. The van der Waals surface area contributed by atoms with E-state index < -0.39 is 0 Å². The van der Waals surface area contributed by atoms with Gasteiger partial charge in [0.15, 0.2) is 0 Å². The van der Waals surface area contributed by atoms with E-state index in [2.05, 4.69) is 59.4 Å². The van der Waals surface area contributed by atoms with Crippen molar-refractivity contribution in [3.63, 3.8) is 0 Å². The number of amides is 2. The van der Waals surface area contributed by atoms with Crippen LogP contribution in [0.2, 0.25) is 0 Å². The molecule has 1 N–H and O–H groups in total. The number of nitrogens with one attached hydrogen (secondary N) is 1. The Morgan fingerprint density at radius 3 is 2.43 bits per heavy atom. The molecule has 2 amide bonds. The summed E-state index contributed by atoms with van der Waals surface area (Å²) < 4.78 is 13.2. The summed E-state index contributed by atoms with van der Waals surface area (Å²) in [6, 6.07) is 17.8. The first-order chi connectivity index (χ1) is 18.1. The van der Waals surface area contributed by atoms with Gasteiger partial charge in [0.2, 0.25) is 0 Å². The van der Waals surface area contributed by atoms with Crippen molar-refractivity contribution in [1.29, 1.82) is 0 Å². The van der Waals surface area contributed by atoms with Gasteiger partial charge in [0.05, 0.1) is 32.5 Å². The lowest BCUT2D eigenvalue weighted by Gasteiger charge is -2.31. The number of aryl methyl sites for hydroxylation is 2. The molecule has 0 fully saturated rings. The monoisotopic (exact) mass is 513 g/mol. The van der Waals surface area contributed by atoms with Gasteiger partial charge in [0.1, 0.15) is 16.5 Å². The quantitative estimate of drug-likeness (QED) is 0.324. The number of rotatable bonds is 4. The molecule has 6 rings (SSSR count). The summed E-state index contributed by atoms with van der Waals surface area (Å²) in [5.41, 5.74) is 6.74. The number of ether oxygens (including phenoxy) is 2. The molecule has 1 unspecified atom stereocenters. The number of thiophene rings is 1. The molecule has 7 heteroatoms. The minimum Gasteiger partial charge on any atom is -0.497 e. The molecule has 190 valence electrons. The van der Waals surface area contributed by atoms with Crippen molar-refractivity contribution in [3.05, 3.63) is 93.6 Å². The number of carbonyl (C=O) groups excluding carboxylic acids is 1. The fourth-order valence-corrected chi connectivity index (χ4v) is 6.96. The molecular weight excluding hydrogens is 482 g/mol. The first-order valence-electron chi connectivity index (χ1n) is 12.7. The highest BCUT2D eigenvalue weighted by molar-refractivity contribution is 7.15. The maximum absolute atomic E-state index is 14.1. The number of benzene rings is 2. The third-order valence-electron chi connectivity index (χ3n) is 7.44. The maximum Gasteiger partial charge on any atom is 0.322 e. The van der Waals surface area contributed by atoms with Gasteiger partial charge in [0, 0.05) is 40.5 Å². The highest BCUT2D eigenvalue weighted by atomic mass is 32.1. The number of hydrogen-bond acceptors (Lipinski definition) is 4. The van der Waals surface area contributed by atoms with Gasteiger partial charge in [-0.15, -0.1) is 11.3 Å². The number of hydrogen-bond donors (Lipinski definition) is 1. The van der Waals surface area contributed by atoms with Crippen molar-refractivity contribution in [1.82, 2.24) is 9.47 Å². The zero-order chi connectivity index (χ0) is 25.5. The van der Waals surface area contributed by atoms with Gasteiger partial charge in [-0.05, 0) is 55.9 Å². The summed E-state index contributed by atoms with van der Waals surface area (Å²) in [6.07, 6.45) is 6.78. The SMILES string of the molecule is COc1cc(NC(=O)N2Cc3c(sc4c3CCCC4)-n3cccc3C2c2ccc(C)cc2)cc(OC)c1. The number of methoxy groups -OCH3 is 2. The summed E-state index contributed by atoms with van der Waals surface area (Å²) in [6.45, 7) is 2.64. The first-order valence-corrected chi connectivity index (χ1v) is 13.6. The number of urea groups is 1. The smallest absolute Gasteiger partial charge is 0.322 e. The number of aromatic nitrogens is 1. The van der Waals surface area contributed by atoms with Crippen molar-refractivity contribution >= 4 is 23.1 Å². The van der Waals surface area contributed by atoms with E-state index >= 15 is 0 Å². The van der Waals surface area contributed by atoms with Crippen LogP contribution in [0.3, 0.4) is 0 Å². The summed E-state index contributed by atoms with van der Waals surface area (Å²) >= 11 is 1.90. The van der Waals surface area contributed by atoms with E-state index in [-0.39, 0.29) is 12.1 Å². The largest absolute Gasteiger partial charge is 0.497 e. The second kappa shape index (κ2) is 9.63. The standard InChI is InChI=1S/C30H31N3O3S/c1-19-10-12-20(13-11-19)28-26-8-6-14-32(26)29-25(24-7-4-5-9-27(24)37-29)18-33(28)30(34)31-21-15-22(35-2)17-23(16-21)36-3/h6,8,10-17,28H,4-5,7,9,18H2,1-3H3,(H,31,34). The van der Waals surface area contributed by atoms with Crippen LogP contribution in [-0.4, -0.2) is 29.7 Å². The molecule has 1 aliphatic heterocycles. The van der Waals surface area contributed by atoms with Crippen LogP contribution >= 0.6 is 11.3 Å². The summed E-state index contributed by atoms with van der Waals surface area (Å²) in [4.78, 5) is 17.6. The minimum absolute atomic E-state index is 0.155. The summed E-state index contributed by atoms with van der Waals surface area (Å²) in [7, 11) is 3.22. The van der Waals surface area contributed by atoms with E-state index in [1.165, 1.54) is 39.4 Å². The van der Waals surface area contributed by atoms with Crippen molar-refractivity contribution in [3.8, 4) is 16.5 Å². The molecule has 0 saturated heterocycles. The van der Waals surface area contributed by atoms with Crippen LogP contribution in [-0.2, 0) is 19.4 Å². The zero-order valence-electron chi connectivity index (χ0n) is 21.4. The van der Waals surface area contributed by atoms with Crippen LogP contribution < -0.4 is 14.8 Å². The lowest BCUT2D eigenvalue weighted by atomic mass is 9.95. The van der Waals surface area contributed by atoms with Gasteiger partial charge >= 0.3 is 6.03 Å². The highest BCUT2D eigenvalue weighted by Crippen LogP contribution is 2.44. The van der Waals surface area contributed by atoms with Crippen LogP contribution in [0.25, 0.3) is 5.00 Å². The molecule has 6 nitrogen and oxygen atoms in total. The number of nitrogens with zero attached hydrogens (tertiary/aromatic N) is 2. The van der Waals surface area contributed by atoms with E-state index in [4.69, 9.17) is 9.47 Å². The van der Waals surface area contributed by atoms with Gasteiger partial charge in [-0.25, -0.2) is 4.79 Å². The van der Waals surface area contributed by atoms with Crippen LogP contribution in [0.15, 0.2) is 60.8 Å². The first kappa shape index (κ1) is 23.7. The van der Waals surface area contributed by atoms with Crippen LogP contribution in [0.5, 0.6) is 11.5 Å². The van der Waals surface area contributed by atoms with E-state index in [9.17, 15) is 4.79 Å². The molecule has 3 heterocycles. The topological polar surface area (TPSA) is 55.7 Å². The molecule has 0 radical (unpaired) electrons. The van der Waals surface area contributed by atoms with Crippen molar-refractivity contribution in [2.24, 2.45) is 0 Å². The predicted molar refractivity (Wildman–Crippen MR) is 147 cm³/mol. The number of anilines is 1. The molecule has 1 aliphatic carbocycles. The summed E-state index contributed by atoms with van der Waals surface area (Å²) in [5.74, 6) is 1.26. The lowest BCUT2D eigenvalue weighted by molar-refractivity contribution is 0.194. The van der Waals surface area contributed by atoms with Crippen LogP contribution in [0.1, 0.15) is 51.7 Å². The Morgan fingerprint density at radius 2 is 1.70 bits per heavy atom. The average molecular weight is 514 g/mol. The third kappa shape index (κ3) is 4.27. The normalized spacial score (nSPS) is 16.3. The molecule has 4 aromatic rings. The van der Waals surface area contributed by atoms with Crippen molar-refractivity contribution in [2.75, 3.05) is 19.5 Å². The Labute approximate surface area is 221 Å². The van der Waals surface area contributed by atoms with E-state index in [0.717, 1.165) is 24.1 Å². The van der Waals surface area contributed by atoms with E-state index in [0.29, 0.717) is 23.7 Å². The molecule has 2 aliphatic rings. The van der Waals surface area contributed by atoms with Gasteiger partial charge in [-0.3, -0.25) is 0 Å². The lowest BCUT2D eigenvalue weighted by Crippen LogP contribution is -2.38. The zero-order valence-corrected chi connectivity index (χ0v) is 22.2. The highest BCUT2D eigenvalue weighted by Gasteiger charge is 2.36. The van der Waals surface area contributed by atoms with Crippen molar-refractivity contribution in [2.45, 2.75) is 45.2 Å². The molecular formula is C30H31N3O3S. The Bertz CT molecular complexity index is 1430. The Morgan fingerprint density at radius 1 is 0.973 bits per heavy atom. The van der Waals surface area contributed by atoms with E-state index in [1.807, 2.05) is 28.4 Å². The van der Waals surface area contributed by atoms with Crippen LogP contribution in [0, 0.1) is 6.92 Å². The average Bonchev–Trinajstić information content (AvgIpc) is 3.51. The Kier molecular flexibility index (Phi) is 6.16. The van der Waals surface area contributed by atoms with Gasteiger partial charge in [-0.1, -0.05) is 29.8 Å². The molecule has 0 bridgehead atoms. The van der Waals surface area contributed by atoms with Gasteiger partial charge < -0.3 is 24.3 Å². The van der Waals surface area contributed by atoms with Gasteiger partial charge in [0.25, 0.3) is 0 Å². The molecule has 37 heavy (non-hydrogen) atoms. The fraction of sp³-hybridized carbons (Fsp3) is 0.300. The number of fused-ring (bicyclic) bond motifs is 5. The maximum atomic E-state index is 14.1. The number of carbonyl (C=O) groups is 1. The third-order valence-corrected chi connectivity index (χ3v) is 8.77. The van der Waals surface area contributed by atoms with Crippen LogP contribution in [0.4, 0.5) is 10.5 Å². The molecule has 2 aromatic carbocycles. The Hall–Kier alpha value is -3.71. The Balaban J connectivity index is 1.47. The van der Waals surface area contributed by atoms with E-state index in [1.54, 1.807) is 20.3 Å². The van der Waals surface area contributed by atoms with Crippen molar-refractivity contribution < 1.29 is 14.3 Å². The molecule has 0 saturated carbocycles. The second-order valence-corrected chi connectivity index (χ2v) is 10.9.